The van der Waals surface area contributed by atoms with E-state index < -0.39 is 0 Å². The van der Waals surface area contributed by atoms with E-state index in [4.69, 9.17) is 9.84 Å². The summed E-state index contributed by atoms with van der Waals surface area (Å²) in [6.07, 6.45) is 7.17. The van der Waals surface area contributed by atoms with Gasteiger partial charge in [-0.05, 0) is 31.0 Å². The molecule has 28 heavy (non-hydrogen) atoms. The maximum absolute atomic E-state index is 5.20. The average molecular weight is 377 g/mol. The highest BCUT2D eigenvalue weighted by Crippen LogP contribution is 2.28. The lowest BCUT2D eigenvalue weighted by atomic mass is 9.96. The van der Waals surface area contributed by atoms with Crippen LogP contribution in [0.1, 0.15) is 24.6 Å². The zero-order valence-corrected chi connectivity index (χ0v) is 15.4. The lowest BCUT2D eigenvalue weighted by Crippen LogP contribution is -2.34. The first-order chi connectivity index (χ1) is 13.8. The lowest BCUT2D eigenvalue weighted by Gasteiger charge is -2.31. The van der Waals surface area contributed by atoms with E-state index in [1.165, 1.54) is 0 Å². The molecule has 0 atom stereocenters. The molecule has 0 radical (unpaired) electrons. The Hall–Kier alpha value is -3.56. The number of hydrogen-bond donors (Lipinski definition) is 0. The fourth-order valence-corrected chi connectivity index (χ4v) is 3.51. The van der Waals surface area contributed by atoms with Crippen LogP contribution in [0.5, 0.6) is 5.88 Å². The van der Waals surface area contributed by atoms with Crippen LogP contribution in [0.4, 0.5) is 5.95 Å². The Bertz CT molecular complexity index is 1080. The van der Waals surface area contributed by atoms with Crippen LogP contribution >= 0.6 is 0 Å². The number of methoxy groups -OCH3 is 1. The molecule has 142 valence electrons. The van der Waals surface area contributed by atoms with Crippen molar-refractivity contribution in [1.82, 2.24) is 39.6 Å². The molecule has 1 saturated heterocycles. The minimum absolute atomic E-state index is 0.275. The van der Waals surface area contributed by atoms with Gasteiger partial charge in [0, 0.05) is 43.7 Å². The van der Waals surface area contributed by atoms with Crippen molar-refractivity contribution in [3.8, 4) is 11.7 Å². The van der Waals surface area contributed by atoms with Gasteiger partial charge in [0.1, 0.15) is 0 Å². The lowest BCUT2D eigenvalue weighted by molar-refractivity contribution is 0.395. The second kappa shape index (κ2) is 6.87. The summed E-state index contributed by atoms with van der Waals surface area (Å²) in [6.45, 7) is 1.68. The first-order valence-corrected chi connectivity index (χ1v) is 9.16. The number of hydrogen-bond acceptors (Lipinski definition) is 8. The molecule has 0 unspecified atom stereocenters. The van der Waals surface area contributed by atoms with Gasteiger partial charge in [0.05, 0.1) is 7.11 Å². The number of aromatic nitrogens is 8. The molecule has 1 aliphatic rings. The van der Waals surface area contributed by atoms with Crippen molar-refractivity contribution in [2.75, 3.05) is 25.1 Å². The van der Waals surface area contributed by atoms with Crippen LogP contribution < -0.4 is 9.64 Å². The second-order valence-corrected chi connectivity index (χ2v) is 6.63. The fourth-order valence-electron chi connectivity index (χ4n) is 3.51. The molecule has 10 heteroatoms. The molecule has 0 N–H and O–H groups in total. The SMILES string of the molecule is COc1ccnc(N2CCC(c3nnc4ccc(-n5cccn5)nn34)CC2)n1. The summed E-state index contributed by atoms with van der Waals surface area (Å²) in [4.78, 5) is 11.0. The van der Waals surface area contributed by atoms with Gasteiger partial charge in [-0.2, -0.15) is 14.6 Å². The number of rotatable bonds is 4. The molecular weight excluding hydrogens is 358 g/mol. The van der Waals surface area contributed by atoms with Crippen molar-refractivity contribution in [1.29, 1.82) is 0 Å². The molecule has 0 amide bonds. The van der Waals surface area contributed by atoms with E-state index in [1.807, 2.05) is 28.9 Å². The summed E-state index contributed by atoms with van der Waals surface area (Å²) < 4.78 is 8.76. The van der Waals surface area contributed by atoms with Crippen molar-refractivity contribution < 1.29 is 4.74 Å². The largest absolute Gasteiger partial charge is 0.481 e. The van der Waals surface area contributed by atoms with Gasteiger partial charge >= 0.3 is 0 Å². The topological polar surface area (TPSA) is 99.2 Å². The third kappa shape index (κ3) is 2.92. The predicted molar refractivity (Wildman–Crippen MR) is 101 cm³/mol. The average Bonchev–Trinajstić information content (AvgIpc) is 3.43. The van der Waals surface area contributed by atoms with Crippen LogP contribution in [-0.4, -0.2) is 59.8 Å². The summed E-state index contributed by atoms with van der Waals surface area (Å²) in [7, 11) is 1.61. The van der Waals surface area contributed by atoms with Gasteiger partial charge in [-0.3, -0.25) is 0 Å². The summed E-state index contributed by atoms with van der Waals surface area (Å²) in [6, 6.07) is 7.43. The Kier molecular flexibility index (Phi) is 4.08. The second-order valence-electron chi connectivity index (χ2n) is 6.63. The number of anilines is 1. The van der Waals surface area contributed by atoms with Gasteiger partial charge < -0.3 is 9.64 Å². The van der Waals surface area contributed by atoms with Crippen LogP contribution in [0.2, 0.25) is 0 Å². The normalized spacial score (nSPS) is 15.2. The highest BCUT2D eigenvalue weighted by atomic mass is 16.5. The quantitative estimate of drug-likeness (QED) is 0.527. The van der Waals surface area contributed by atoms with E-state index in [0.29, 0.717) is 11.8 Å². The molecule has 5 rings (SSSR count). The molecule has 0 saturated carbocycles. The summed E-state index contributed by atoms with van der Waals surface area (Å²) in [5.41, 5.74) is 0.740. The minimum atomic E-state index is 0.275. The van der Waals surface area contributed by atoms with Gasteiger partial charge in [-0.1, -0.05) is 0 Å². The van der Waals surface area contributed by atoms with E-state index in [2.05, 4.69) is 30.2 Å². The molecule has 1 fully saturated rings. The smallest absolute Gasteiger partial charge is 0.228 e. The Balaban J connectivity index is 1.37. The summed E-state index contributed by atoms with van der Waals surface area (Å²) in [5.74, 6) is 3.17. The van der Waals surface area contributed by atoms with Gasteiger partial charge in [-0.15, -0.1) is 15.3 Å². The van der Waals surface area contributed by atoms with Crippen LogP contribution in [0.3, 0.4) is 0 Å². The number of piperidine rings is 1. The van der Waals surface area contributed by atoms with Crippen molar-refractivity contribution >= 4 is 11.6 Å². The first-order valence-electron chi connectivity index (χ1n) is 9.16. The Labute approximate surface area is 160 Å². The monoisotopic (exact) mass is 377 g/mol. The first kappa shape index (κ1) is 16.6. The summed E-state index contributed by atoms with van der Waals surface area (Å²) >= 11 is 0. The van der Waals surface area contributed by atoms with Crippen LogP contribution in [0, 0.1) is 0 Å². The standard InChI is InChI=1S/C18H19N9O/c1-28-16-5-9-19-18(21-16)25-11-6-13(7-12-25)17-23-22-14-3-4-15(24-27(14)17)26-10-2-8-20-26/h2-5,8-10,13H,6-7,11-12H2,1H3. The highest BCUT2D eigenvalue weighted by Gasteiger charge is 2.26. The minimum Gasteiger partial charge on any atom is -0.481 e. The van der Waals surface area contributed by atoms with Crippen molar-refractivity contribution in [2.45, 2.75) is 18.8 Å². The molecule has 0 aromatic carbocycles. The molecular formula is C18H19N9O. The van der Waals surface area contributed by atoms with Crippen molar-refractivity contribution in [3.05, 3.63) is 48.7 Å². The predicted octanol–water partition coefficient (Wildman–Crippen LogP) is 1.49. The molecule has 1 aliphatic heterocycles. The van der Waals surface area contributed by atoms with Gasteiger partial charge in [0.2, 0.25) is 11.8 Å². The van der Waals surface area contributed by atoms with Crippen molar-refractivity contribution in [2.24, 2.45) is 0 Å². The van der Waals surface area contributed by atoms with Gasteiger partial charge in [0.15, 0.2) is 17.3 Å². The van der Waals surface area contributed by atoms with Gasteiger partial charge in [0.25, 0.3) is 0 Å². The molecule has 0 spiro atoms. The van der Waals surface area contributed by atoms with E-state index in [0.717, 1.165) is 43.2 Å². The Morgan fingerprint density at radius 3 is 2.75 bits per heavy atom. The summed E-state index contributed by atoms with van der Waals surface area (Å²) in [5, 5.41) is 17.6. The molecule has 0 bridgehead atoms. The zero-order chi connectivity index (χ0) is 18.9. The Morgan fingerprint density at radius 2 is 1.96 bits per heavy atom. The third-order valence-corrected chi connectivity index (χ3v) is 4.98. The van der Waals surface area contributed by atoms with E-state index in [1.54, 1.807) is 30.3 Å². The van der Waals surface area contributed by atoms with Gasteiger partial charge in [-0.25, -0.2) is 9.67 Å². The number of nitrogens with zero attached hydrogens (tertiary/aromatic N) is 9. The highest BCUT2D eigenvalue weighted by molar-refractivity contribution is 5.40. The third-order valence-electron chi connectivity index (χ3n) is 4.98. The molecule has 4 aromatic rings. The van der Waals surface area contributed by atoms with Crippen LogP contribution in [0.25, 0.3) is 11.5 Å². The fraction of sp³-hybridized carbons (Fsp3) is 0.333. The van der Waals surface area contributed by atoms with E-state index >= 15 is 0 Å². The maximum Gasteiger partial charge on any atom is 0.228 e. The van der Waals surface area contributed by atoms with Crippen LogP contribution in [0.15, 0.2) is 42.9 Å². The molecule has 0 aliphatic carbocycles. The number of ether oxygens (including phenoxy) is 1. The zero-order valence-electron chi connectivity index (χ0n) is 15.4. The number of fused-ring (bicyclic) bond motifs is 1. The van der Waals surface area contributed by atoms with E-state index in [9.17, 15) is 0 Å². The molecule has 5 heterocycles. The maximum atomic E-state index is 5.20. The van der Waals surface area contributed by atoms with Crippen LogP contribution in [-0.2, 0) is 0 Å². The van der Waals surface area contributed by atoms with Crippen molar-refractivity contribution in [3.63, 3.8) is 0 Å². The Morgan fingerprint density at radius 1 is 1.07 bits per heavy atom. The molecule has 10 nitrogen and oxygen atoms in total. The van der Waals surface area contributed by atoms with E-state index in [-0.39, 0.29) is 5.92 Å². The molecule has 4 aromatic heterocycles.